The number of esters is 1. The van der Waals surface area contributed by atoms with Crippen LogP contribution in [0.3, 0.4) is 0 Å². The van der Waals surface area contributed by atoms with E-state index in [1.165, 1.54) is 18.4 Å². The van der Waals surface area contributed by atoms with Gasteiger partial charge in [-0.15, -0.1) is 0 Å². The molecule has 186 valence electrons. The Morgan fingerprint density at radius 1 is 0.889 bits per heavy atom. The standard InChI is InChI=1S/C27H27N3O6/c1-17-8-6-12-20(24(17)30-26(33)22-14-7-15-35-22)27(34)36-16-23(31)29-21-13-5-4-11-19(21)25(32)28-18-9-2-3-10-18/h4-8,11-15,18H,2-3,9-10,16H2,1H3,(H,28,32)(H,29,31)(H,30,33). The summed E-state index contributed by atoms with van der Waals surface area (Å²) in [5.74, 6) is -2.07. The third-order valence-electron chi connectivity index (χ3n) is 5.95. The highest BCUT2D eigenvalue weighted by molar-refractivity contribution is 6.08. The van der Waals surface area contributed by atoms with Crippen molar-refractivity contribution in [1.82, 2.24) is 5.32 Å². The summed E-state index contributed by atoms with van der Waals surface area (Å²) in [6.45, 7) is 1.16. The number of amides is 3. The predicted octanol–water partition coefficient (Wildman–Crippen LogP) is 4.31. The van der Waals surface area contributed by atoms with Crippen LogP contribution in [-0.4, -0.2) is 36.3 Å². The number of hydrogen-bond acceptors (Lipinski definition) is 6. The molecule has 0 spiro atoms. The van der Waals surface area contributed by atoms with Gasteiger partial charge in [0.15, 0.2) is 12.4 Å². The number of hydrogen-bond donors (Lipinski definition) is 3. The fraction of sp³-hybridized carbons (Fsp3) is 0.259. The SMILES string of the molecule is Cc1cccc(C(=O)OCC(=O)Nc2ccccc2C(=O)NC2CCCC2)c1NC(=O)c1ccco1. The molecule has 1 saturated carbocycles. The van der Waals surface area contributed by atoms with Gasteiger partial charge in [0.1, 0.15) is 0 Å². The molecule has 0 atom stereocenters. The molecule has 9 nitrogen and oxygen atoms in total. The molecule has 0 unspecified atom stereocenters. The van der Waals surface area contributed by atoms with Crippen LogP contribution in [0.25, 0.3) is 0 Å². The maximum atomic E-state index is 12.8. The number of anilines is 2. The van der Waals surface area contributed by atoms with E-state index < -0.39 is 24.4 Å². The Morgan fingerprint density at radius 3 is 2.39 bits per heavy atom. The molecule has 1 fully saturated rings. The zero-order chi connectivity index (χ0) is 25.5. The van der Waals surface area contributed by atoms with Gasteiger partial charge in [-0.2, -0.15) is 0 Å². The highest BCUT2D eigenvalue weighted by Crippen LogP contribution is 2.23. The lowest BCUT2D eigenvalue weighted by Crippen LogP contribution is -2.33. The molecule has 3 N–H and O–H groups in total. The Kier molecular flexibility index (Phi) is 7.79. The molecule has 2 aromatic carbocycles. The van der Waals surface area contributed by atoms with Gasteiger partial charge in [-0.3, -0.25) is 14.4 Å². The number of carbonyl (C=O) groups excluding carboxylic acids is 4. The van der Waals surface area contributed by atoms with Crippen molar-refractivity contribution in [3.63, 3.8) is 0 Å². The molecule has 3 aromatic rings. The Morgan fingerprint density at radius 2 is 1.64 bits per heavy atom. The Labute approximate surface area is 208 Å². The van der Waals surface area contributed by atoms with E-state index in [4.69, 9.17) is 9.15 Å². The van der Waals surface area contributed by atoms with Crippen LogP contribution < -0.4 is 16.0 Å². The van der Waals surface area contributed by atoms with E-state index in [2.05, 4.69) is 16.0 Å². The lowest BCUT2D eigenvalue weighted by Gasteiger charge is -2.15. The minimum absolute atomic E-state index is 0.0904. The molecule has 9 heteroatoms. The molecule has 0 radical (unpaired) electrons. The summed E-state index contributed by atoms with van der Waals surface area (Å²) in [6.07, 6.45) is 5.43. The molecule has 4 rings (SSSR count). The first-order chi connectivity index (χ1) is 17.4. The fourth-order valence-corrected chi connectivity index (χ4v) is 4.11. The topological polar surface area (TPSA) is 127 Å². The average Bonchev–Trinajstić information content (AvgIpc) is 3.59. The van der Waals surface area contributed by atoms with Gasteiger partial charge in [-0.25, -0.2) is 4.79 Å². The average molecular weight is 490 g/mol. The van der Waals surface area contributed by atoms with E-state index >= 15 is 0 Å². The quantitative estimate of drug-likeness (QED) is 0.405. The van der Waals surface area contributed by atoms with Crippen molar-refractivity contribution in [2.24, 2.45) is 0 Å². The molecule has 1 aliphatic rings. The Balaban J connectivity index is 1.38. The van der Waals surface area contributed by atoms with Crippen LogP contribution >= 0.6 is 0 Å². The van der Waals surface area contributed by atoms with E-state index in [1.54, 1.807) is 49.4 Å². The van der Waals surface area contributed by atoms with Gasteiger partial charge in [0.25, 0.3) is 17.7 Å². The number of aryl methyl sites for hydroxylation is 1. The molecule has 1 aromatic heterocycles. The van der Waals surface area contributed by atoms with Gasteiger partial charge in [-0.1, -0.05) is 37.1 Å². The molecule has 1 heterocycles. The molecule has 3 amide bonds. The molecule has 0 saturated heterocycles. The van der Waals surface area contributed by atoms with Gasteiger partial charge in [-0.05, 0) is 55.7 Å². The summed E-state index contributed by atoms with van der Waals surface area (Å²) >= 11 is 0. The van der Waals surface area contributed by atoms with E-state index in [1.807, 2.05) is 0 Å². The van der Waals surface area contributed by atoms with Crippen molar-refractivity contribution in [2.45, 2.75) is 38.6 Å². The first-order valence-corrected chi connectivity index (χ1v) is 11.7. The maximum Gasteiger partial charge on any atom is 0.340 e. The molecule has 1 aliphatic carbocycles. The summed E-state index contributed by atoms with van der Waals surface area (Å²) in [5, 5.41) is 8.30. The van der Waals surface area contributed by atoms with E-state index in [9.17, 15) is 19.2 Å². The molecular weight excluding hydrogens is 462 g/mol. The zero-order valence-corrected chi connectivity index (χ0v) is 19.8. The minimum atomic E-state index is -0.782. The van der Waals surface area contributed by atoms with Gasteiger partial charge in [0, 0.05) is 6.04 Å². The first kappa shape index (κ1) is 24.7. The van der Waals surface area contributed by atoms with Crippen molar-refractivity contribution in [1.29, 1.82) is 0 Å². The highest BCUT2D eigenvalue weighted by Gasteiger charge is 2.22. The zero-order valence-electron chi connectivity index (χ0n) is 19.8. The van der Waals surface area contributed by atoms with Gasteiger partial charge >= 0.3 is 5.97 Å². The van der Waals surface area contributed by atoms with Crippen molar-refractivity contribution in [2.75, 3.05) is 17.2 Å². The summed E-state index contributed by atoms with van der Waals surface area (Å²) < 4.78 is 10.3. The third kappa shape index (κ3) is 5.99. The Bertz CT molecular complexity index is 1260. The van der Waals surface area contributed by atoms with Gasteiger partial charge in [0.05, 0.1) is 28.8 Å². The van der Waals surface area contributed by atoms with Crippen LogP contribution in [0.1, 0.15) is 62.5 Å². The second-order valence-electron chi connectivity index (χ2n) is 8.55. The third-order valence-corrected chi connectivity index (χ3v) is 5.95. The van der Waals surface area contributed by atoms with Gasteiger partial charge in [0.2, 0.25) is 0 Å². The number of nitrogens with one attached hydrogen (secondary N) is 3. The number of ether oxygens (including phenoxy) is 1. The molecule has 0 aliphatic heterocycles. The number of para-hydroxylation sites is 2. The summed E-state index contributed by atoms with van der Waals surface area (Å²) in [7, 11) is 0. The smallest absolute Gasteiger partial charge is 0.340 e. The summed E-state index contributed by atoms with van der Waals surface area (Å²) in [6, 6.07) is 14.8. The van der Waals surface area contributed by atoms with E-state index in [0.29, 0.717) is 16.8 Å². The van der Waals surface area contributed by atoms with Crippen LogP contribution in [0.4, 0.5) is 11.4 Å². The second kappa shape index (κ2) is 11.4. The van der Waals surface area contributed by atoms with Crippen LogP contribution in [0.5, 0.6) is 0 Å². The van der Waals surface area contributed by atoms with Crippen molar-refractivity contribution < 1.29 is 28.3 Å². The Hall–Kier alpha value is -4.40. The maximum absolute atomic E-state index is 12.8. The van der Waals surface area contributed by atoms with Crippen molar-refractivity contribution in [3.05, 3.63) is 83.3 Å². The monoisotopic (exact) mass is 489 g/mol. The first-order valence-electron chi connectivity index (χ1n) is 11.7. The fourth-order valence-electron chi connectivity index (χ4n) is 4.11. The number of furan rings is 1. The largest absolute Gasteiger partial charge is 0.459 e. The van der Waals surface area contributed by atoms with Crippen LogP contribution in [0, 0.1) is 6.92 Å². The lowest BCUT2D eigenvalue weighted by atomic mass is 10.1. The van der Waals surface area contributed by atoms with Crippen LogP contribution in [0.15, 0.2) is 65.3 Å². The number of carbonyl (C=O) groups is 4. The van der Waals surface area contributed by atoms with Crippen LogP contribution in [-0.2, 0) is 9.53 Å². The lowest BCUT2D eigenvalue weighted by molar-refractivity contribution is -0.119. The molecule has 36 heavy (non-hydrogen) atoms. The van der Waals surface area contributed by atoms with Gasteiger partial charge < -0.3 is 25.1 Å². The van der Waals surface area contributed by atoms with Crippen molar-refractivity contribution in [3.8, 4) is 0 Å². The van der Waals surface area contributed by atoms with Crippen molar-refractivity contribution >= 4 is 35.1 Å². The number of benzene rings is 2. The van der Waals surface area contributed by atoms with Crippen LogP contribution in [0.2, 0.25) is 0 Å². The molecule has 0 bridgehead atoms. The summed E-state index contributed by atoms with van der Waals surface area (Å²) in [4.78, 5) is 50.4. The summed E-state index contributed by atoms with van der Waals surface area (Å²) in [5.41, 5.74) is 1.66. The number of rotatable bonds is 8. The highest BCUT2D eigenvalue weighted by atomic mass is 16.5. The van der Waals surface area contributed by atoms with E-state index in [0.717, 1.165) is 25.7 Å². The molecular formula is C27H27N3O6. The van der Waals surface area contributed by atoms with E-state index in [-0.39, 0.29) is 29.0 Å². The second-order valence-corrected chi connectivity index (χ2v) is 8.55. The minimum Gasteiger partial charge on any atom is -0.459 e. The normalized spacial score (nSPS) is 13.1. The predicted molar refractivity (Wildman–Crippen MR) is 133 cm³/mol.